The molecule has 2 rings (SSSR count). The van der Waals surface area contributed by atoms with Gasteiger partial charge in [0.15, 0.2) is 0 Å². The molecule has 0 bridgehead atoms. The third-order valence-corrected chi connectivity index (χ3v) is 3.15. The van der Waals surface area contributed by atoms with Crippen LogP contribution < -0.4 is 5.32 Å². The fourth-order valence-corrected chi connectivity index (χ4v) is 1.93. The second-order valence-electron chi connectivity index (χ2n) is 4.29. The van der Waals surface area contributed by atoms with Gasteiger partial charge in [0.05, 0.1) is 0 Å². The summed E-state index contributed by atoms with van der Waals surface area (Å²) in [5.41, 5.74) is 2.62. The quantitative estimate of drug-likeness (QED) is 0.817. The van der Waals surface area contributed by atoms with E-state index in [-0.39, 0.29) is 0 Å². The van der Waals surface area contributed by atoms with Crippen LogP contribution in [-0.4, -0.2) is 0 Å². The lowest BCUT2D eigenvalue weighted by atomic mass is 10.1. The minimum atomic E-state index is -0.557. The summed E-state index contributed by atoms with van der Waals surface area (Å²) in [5, 5.41) is 3.12. The molecule has 1 nitrogen and oxygen atoms in total. The van der Waals surface area contributed by atoms with E-state index in [4.69, 9.17) is 11.6 Å². The number of nitrogens with one attached hydrogen (secondary N) is 1. The van der Waals surface area contributed by atoms with E-state index in [1.807, 2.05) is 24.3 Å². The van der Waals surface area contributed by atoms with Crippen molar-refractivity contribution in [2.45, 2.75) is 19.0 Å². The molecule has 0 aliphatic heterocycles. The van der Waals surface area contributed by atoms with Crippen molar-refractivity contribution in [1.29, 1.82) is 0 Å². The first-order chi connectivity index (χ1) is 9.19. The molecule has 2 aromatic rings. The molecule has 0 saturated carbocycles. The summed E-state index contributed by atoms with van der Waals surface area (Å²) < 4.78 is 26.1. The maximum absolute atomic E-state index is 13.4. The van der Waals surface area contributed by atoms with Gasteiger partial charge in [0.1, 0.15) is 11.6 Å². The van der Waals surface area contributed by atoms with Crippen molar-refractivity contribution in [3.63, 3.8) is 0 Å². The van der Waals surface area contributed by atoms with Crippen molar-refractivity contribution < 1.29 is 8.78 Å². The predicted octanol–water partition coefficient (Wildman–Crippen LogP) is 3.99. The van der Waals surface area contributed by atoms with Crippen LogP contribution in [0.5, 0.6) is 0 Å². The summed E-state index contributed by atoms with van der Waals surface area (Å²) >= 11 is 5.71. The van der Waals surface area contributed by atoms with E-state index in [2.05, 4.69) is 5.32 Å². The van der Waals surface area contributed by atoms with Gasteiger partial charge in [0.2, 0.25) is 0 Å². The average Bonchev–Trinajstić information content (AvgIpc) is 2.42. The molecule has 0 fully saturated rings. The van der Waals surface area contributed by atoms with Crippen LogP contribution in [0.15, 0.2) is 42.5 Å². The molecular formula is C15H14ClF2N. The summed E-state index contributed by atoms with van der Waals surface area (Å²) in [6.45, 7) is 0.989. The monoisotopic (exact) mass is 281 g/mol. The van der Waals surface area contributed by atoms with Gasteiger partial charge >= 0.3 is 0 Å². The third-order valence-electron chi connectivity index (χ3n) is 2.84. The van der Waals surface area contributed by atoms with Gasteiger partial charge in [-0.3, -0.25) is 0 Å². The molecular weight excluding hydrogens is 268 g/mol. The Hall–Kier alpha value is -1.45. The van der Waals surface area contributed by atoms with E-state index in [0.29, 0.717) is 24.5 Å². The van der Waals surface area contributed by atoms with E-state index in [0.717, 1.165) is 17.2 Å². The zero-order chi connectivity index (χ0) is 13.7. The summed E-state index contributed by atoms with van der Waals surface area (Å²) in [7, 11) is 0. The lowest BCUT2D eigenvalue weighted by Gasteiger charge is -2.07. The van der Waals surface area contributed by atoms with Crippen molar-refractivity contribution in [3.05, 3.63) is 70.8 Å². The molecule has 100 valence electrons. The highest BCUT2D eigenvalue weighted by Gasteiger charge is 2.03. The minimum absolute atomic E-state index is 0.364. The van der Waals surface area contributed by atoms with Crippen molar-refractivity contribution in [2.24, 2.45) is 0 Å². The Balaban J connectivity index is 1.88. The van der Waals surface area contributed by atoms with Crippen molar-refractivity contribution in [1.82, 2.24) is 5.32 Å². The Kier molecular flexibility index (Phi) is 4.88. The Morgan fingerprint density at radius 2 is 1.58 bits per heavy atom. The third kappa shape index (κ3) is 4.01. The van der Waals surface area contributed by atoms with E-state index in [1.165, 1.54) is 12.1 Å². The standard InChI is InChI=1S/C15H14ClF2N/c16-8-11-1-3-12(4-2-11)9-19-10-13-5-6-14(17)7-15(13)18/h1-7,19H,8-10H2. The second kappa shape index (κ2) is 6.64. The molecule has 0 saturated heterocycles. The van der Waals surface area contributed by atoms with E-state index in [9.17, 15) is 8.78 Å². The molecule has 0 unspecified atom stereocenters. The number of rotatable bonds is 5. The number of hydrogen-bond donors (Lipinski definition) is 1. The number of hydrogen-bond acceptors (Lipinski definition) is 1. The van der Waals surface area contributed by atoms with E-state index >= 15 is 0 Å². The van der Waals surface area contributed by atoms with Gasteiger partial charge in [-0.25, -0.2) is 8.78 Å². The molecule has 0 spiro atoms. The van der Waals surface area contributed by atoms with E-state index < -0.39 is 11.6 Å². The predicted molar refractivity (Wildman–Crippen MR) is 72.9 cm³/mol. The van der Waals surface area contributed by atoms with Crippen LogP contribution in [0.3, 0.4) is 0 Å². The van der Waals surface area contributed by atoms with Crippen LogP contribution in [0.25, 0.3) is 0 Å². The van der Waals surface area contributed by atoms with Gasteiger partial charge in [0.25, 0.3) is 0 Å². The largest absolute Gasteiger partial charge is 0.309 e. The normalized spacial score (nSPS) is 10.7. The van der Waals surface area contributed by atoms with Crippen LogP contribution in [-0.2, 0) is 19.0 Å². The van der Waals surface area contributed by atoms with Crippen LogP contribution in [0.4, 0.5) is 8.78 Å². The highest BCUT2D eigenvalue weighted by Crippen LogP contribution is 2.10. The zero-order valence-corrected chi connectivity index (χ0v) is 11.1. The Morgan fingerprint density at radius 1 is 0.895 bits per heavy atom. The van der Waals surface area contributed by atoms with Gasteiger partial charge in [0, 0.05) is 30.6 Å². The zero-order valence-electron chi connectivity index (χ0n) is 10.3. The Morgan fingerprint density at radius 3 is 2.21 bits per heavy atom. The smallest absolute Gasteiger partial charge is 0.130 e. The van der Waals surface area contributed by atoms with E-state index in [1.54, 1.807) is 0 Å². The van der Waals surface area contributed by atoms with Crippen LogP contribution in [0.1, 0.15) is 16.7 Å². The molecule has 0 atom stereocenters. The molecule has 0 amide bonds. The first-order valence-electron chi connectivity index (χ1n) is 5.97. The second-order valence-corrected chi connectivity index (χ2v) is 4.56. The number of benzene rings is 2. The molecule has 0 radical (unpaired) electrons. The number of alkyl halides is 1. The maximum Gasteiger partial charge on any atom is 0.130 e. The van der Waals surface area contributed by atoms with Gasteiger partial charge in [-0.1, -0.05) is 30.3 Å². The fourth-order valence-electron chi connectivity index (χ4n) is 1.75. The molecule has 0 aliphatic rings. The van der Waals surface area contributed by atoms with Gasteiger partial charge < -0.3 is 5.32 Å². The Labute approximate surface area is 116 Å². The molecule has 2 aromatic carbocycles. The van der Waals surface area contributed by atoms with Crippen molar-refractivity contribution in [2.75, 3.05) is 0 Å². The first kappa shape index (κ1) is 14.0. The van der Waals surface area contributed by atoms with Gasteiger partial charge in [-0.2, -0.15) is 0 Å². The lowest BCUT2D eigenvalue weighted by molar-refractivity contribution is 0.560. The SMILES string of the molecule is Fc1ccc(CNCc2ccc(CCl)cc2)c(F)c1. The Bertz CT molecular complexity index is 540. The van der Waals surface area contributed by atoms with Crippen LogP contribution >= 0.6 is 11.6 Å². The fraction of sp³-hybridized carbons (Fsp3) is 0.200. The topological polar surface area (TPSA) is 12.0 Å². The summed E-state index contributed by atoms with van der Waals surface area (Å²) in [6, 6.07) is 11.5. The molecule has 1 N–H and O–H groups in total. The number of halogens is 3. The van der Waals surface area contributed by atoms with Crippen molar-refractivity contribution >= 4 is 11.6 Å². The van der Waals surface area contributed by atoms with Crippen LogP contribution in [0.2, 0.25) is 0 Å². The molecule has 0 aliphatic carbocycles. The highest BCUT2D eigenvalue weighted by molar-refractivity contribution is 6.17. The molecule has 0 aromatic heterocycles. The summed E-state index contributed by atoms with van der Waals surface area (Å²) in [4.78, 5) is 0. The van der Waals surface area contributed by atoms with Crippen molar-refractivity contribution in [3.8, 4) is 0 Å². The first-order valence-corrected chi connectivity index (χ1v) is 6.51. The molecule has 19 heavy (non-hydrogen) atoms. The summed E-state index contributed by atoms with van der Waals surface area (Å²) in [6.07, 6.45) is 0. The van der Waals surface area contributed by atoms with Gasteiger partial charge in [-0.15, -0.1) is 11.6 Å². The maximum atomic E-state index is 13.4. The molecule has 0 heterocycles. The van der Waals surface area contributed by atoms with Crippen LogP contribution in [0, 0.1) is 11.6 Å². The minimum Gasteiger partial charge on any atom is -0.309 e. The highest BCUT2D eigenvalue weighted by atomic mass is 35.5. The summed E-state index contributed by atoms with van der Waals surface area (Å²) in [5.74, 6) is -0.586. The average molecular weight is 282 g/mol. The van der Waals surface area contributed by atoms with Gasteiger partial charge in [-0.05, 0) is 17.2 Å². The molecule has 4 heteroatoms. The lowest BCUT2D eigenvalue weighted by Crippen LogP contribution is -2.13.